The molecular formula is C17H10B3BrF2N4O. The van der Waals surface area contributed by atoms with E-state index >= 15 is 0 Å². The molecule has 0 aliphatic carbocycles. The molecule has 3 heterocycles. The van der Waals surface area contributed by atoms with E-state index in [0.717, 1.165) is 27.1 Å². The van der Waals surface area contributed by atoms with Crippen LogP contribution in [0, 0.1) is 11.6 Å². The number of hydrogen-bond donors (Lipinski definition) is 0. The van der Waals surface area contributed by atoms with Crippen LogP contribution in [0.5, 0.6) is 0 Å². The number of aromatic nitrogens is 3. The summed E-state index contributed by atoms with van der Waals surface area (Å²) in [6, 6.07) is 2.08. The molecule has 0 N–H and O–H groups in total. The molecule has 0 saturated carbocycles. The predicted molar refractivity (Wildman–Crippen MR) is 108 cm³/mol. The average molecular weight is 437 g/mol. The maximum atomic E-state index is 14.9. The highest BCUT2D eigenvalue weighted by atomic mass is 79.9. The molecule has 11 heteroatoms. The van der Waals surface area contributed by atoms with Crippen LogP contribution in [0.3, 0.4) is 0 Å². The first-order chi connectivity index (χ1) is 13.2. The Morgan fingerprint density at radius 1 is 1.18 bits per heavy atom. The first-order valence-corrected chi connectivity index (χ1v) is 9.17. The smallest absolute Gasteiger partial charge is 0.324 e. The summed E-state index contributed by atoms with van der Waals surface area (Å²) in [5.74, 6) is -2.31. The summed E-state index contributed by atoms with van der Waals surface area (Å²) in [4.78, 5) is 22.4. The predicted octanol–water partition coefficient (Wildman–Crippen LogP) is 1.99. The van der Waals surface area contributed by atoms with Gasteiger partial charge in [0, 0.05) is 17.2 Å². The number of nitrogens with zero attached hydrogens (tertiary/aromatic N) is 4. The van der Waals surface area contributed by atoms with Crippen LogP contribution >= 0.6 is 15.9 Å². The lowest BCUT2D eigenvalue weighted by atomic mass is 9.49. The highest BCUT2D eigenvalue weighted by Crippen LogP contribution is 2.39. The minimum Gasteiger partial charge on any atom is -0.324 e. The molecule has 0 fully saturated rings. The Labute approximate surface area is 171 Å². The van der Waals surface area contributed by atoms with Gasteiger partial charge in [0.1, 0.15) is 0 Å². The first-order valence-electron chi connectivity index (χ1n) is 8.38. The van der Waals surface area contributed by atoms with Crippen molar-refractivity contribution < 1.29 is 8.78 Å². The minimum absolute atomic E-state index is 0.0432. The van der Waals surface area contributed by atoms with Crippen molar-refractivity contribution in [3.8, 4) is 0 Å². The van der Waals surface area contributed by atoms with Crippen LogP contribution in [0.15, 0.2) is 33.8 Å². The van der Waals surface area contributed by atoms with Crippen LogP contribution < -0.4 is 10.6 Å². The Bertz CT molecular complexity index is 1170. The topological polar surface area (TPSA) is 51.0 Å². The SMILES string of the molecule is [B]C([B])([B])n1c(=O)nc(N2CCCc3c(Br)cncc32)c2c(F)c(F)ccc21. The third kappa shape index (κ3) is 2.96. The molecule has 1 aromatic carbocycles. The molecule has 0 saturated heterocycles. The molecule has 1 aliphatic rings. The summed E-state index contributed by atoms with van der Waals surface area (Å²) >= 11 is 3.45. The Balaban J connectivity index is 2.10. The lowest BCUT2D eigenvalue weighted by molar-refractivity contribution is 0.515. The Morgan fingerprint density at radius 2 is 1.93 bits per heavy atom. The van der Waals surface area contributed by atoms with Crippen LogP contribution in [0.2, 0.25) is 0 Å². The van der Waals surface area contributed by atoms with Gasteiger partial charge in [-0.15, -0.1) is 0 Å². The number of hydrogen-bond acceptors (Lipinski definition) is 4. The van der Waals surface area contributed by atoms with Crippen LogP contribution in [0.25, 0.3) is 10.9 Å². The van der Waals surface area contributed by atoms with Gasteiger partial charge in [-0.2, -0.15) is 4.98 Å². The lowest BCUT2D eigenvalue weighted by Crippen LogP contribution is -2.44. The lowest BCUT2D eigenvalue weighted by Gasteiger charge is -2.33. The Hall–Kier alpha value is -2.16. The van der Waals surface area contributed by atoms with E-state index in [9.17, 15) is 13.6 Å². The van der Waals surface area contributed by atoms with E-state index in [0.29, 0.717) is 18.7 Å². The summed E-state index contributed by atoms with van der Waals surface area (Å²) in [5.41, 5.74) is 0.644. The van der Waals surface area contributed by atoms with Crippen molar-refractivity contribution in [2.45, 2.75) is 18.1 Å². The third-order valence-corrected chi connectivity index (χ3v) is 5.34. The fraction of sp³-hybridized carbons (Fsp3) is 0.235. The van der Waals surface area contributed by atoms with Gasteiger partial charge in [0.15, 0.2) is 17.5 Å². The second-order valence-corrected chi connectivity index (χ2v) is 7.42. The van der Waals surface area contributed by atoms with Crippen molar-refractivity contribution >= 4 is 61.9 Å². The van der Waals surface area contributed by atoms with Gasteiger partial charge in [-0.3, -0.25) is 4.98 Å². The highest BCUT2D eigenvalue weighted by molar-refractivity contribution is 9.10. The van der Waals surface area contributed by atoms with E-state index in [4.69, 9.17) is 23.5 Å². The van der Waals surface area contributed by atoms with Gasteiger partial charge in [-0.1, -0.05) is 5.24 Å². The second kappa shape index (κ2) is 6.72. The fourth-order valence-electron chi connectivity index (χ4n) is 3.49. The summed E-state index contributed by atoms with van der Waals surface area (Å²) in [5, 5.41) is -2.38. The van der Waals surface area contributed by atoms with E-state index in [1.54, 1.807) is 17.3 Å². The van der Waals surface area contributed by atoms with Gasteiger partial charge >= 0.3 is 5.69 Å². The highest BCUT2D eigenvalue weighted by Gasteiger charge is 2.28. The van der Waals surface area contributed by atoms with Crippen molar-refractivity contribution in [2.24, 2.45) is 0 Å². The molecule has 0 bridgehead atoms. The molecule has 2 aromatic heterocycles. The van der Waals surface area contributed by atoms with Gasteiger partial charge in [-0.25, -0.2) is 13.6 Å². The summed E-state index contributed by atoms with van der Waals surface area (Å²) < 4.78 is 30.4. The maximum Gasteiger partial charge on any atom is 0.348 e. The van der Waals surface area contributed by atoms with E-state index in [1.165, 1.54) is 6.07 Å². The molecule has 4 rings (SSSR count). The van der Waals surface area contributed by atoms with Crippen molar-refractivity contribution in [3.05, 3.63) is 56.7 Å². The number of halogens is 3. The van der Waals surface area contributed by atoms with Crippen LogP contribution in [0.1, 0.15) is 12.0 Å². The zero-order chi connectivity index (χ0) is 20.2. The quantitative estimate of drug-likeness (QED) is 0.577. The number of benzene rings is 1. The molecule has 0 unspecified atom stereocenters. The molecule has 6 radical (unpaired) electrons. The van der Waals surface area contributed by atoms with Gasteiger partial charge < -0.3 is 9.47 Å². The molecular weight excluding hydrogens is 427 g/mol. The molecule has 134 valence electrons. The van der Waals surface area contributed by atoms with Crippen LogP contribution in [-0.2, 0) is 11.7 Å². The summed E-state index contributed by atoms with van der Waals surface area (Å²) in [6.45, 7) is 0.436. The number of pyridine rings is 1. The maximum absolute atomic E-state index is 14.9. The molecule has 0 amide bonds. The van der Waals surface area contributed by atoms with Crippen molar-refractivity contribution in [1.29, 1.82) is 0 Å². The van der Waals surface area contributed by atoms with Gasteiger partial charge in [-0.05, 0) is 46.5 Å². The molecule has 3 aromatic rings. The van der Waals surface area contributed by atoms with Gasteiger partial charge in [0.05, 0.1) is 46.3 Å². The van der Waals surface area contributed by atoms with E-state index < -0.39 is 22.6 Å². The Morgan fingerprint density at radius 3 is 2.64 bits per heavy atom. The molecule has 28 heavy (non-hydrogen) atoms. The van der Waals surface area contributed by atoms with Crippen LogP contribution in [0.4, 0.5) is 20.3 Å². The number of fused-ring (bicyclic) bond motifs is 2. The summed E-state index contributed by atoms with van der Waals surface area (Å²) in [7, 11) is 17.0. The average Bonchev–Trinajstić information content (AvgIpc) is 2.63. The summed E-state index contributed by atoms with van der Waals surface area (Å²) in [6.07, 6.45) is 4.72. The van der Waals surface area contributed by atoms with Crippen molar-refractivity contribution in [3.63, 3.8) is 0 Å². The monoisotopic (exact) mass is 436 g/mol. The minimum atomic E-state index is -2.14. The van der Waals surface area contributed by atoms with Crippen molar-refractivity contribution in [2.75, 3.05) is 11.4 Å². The molecule has 0 spiro atoms. The third-order valence-electron chi connectivity index (χ3n) is 4.65. The van der Waals surface area contributed by atoms with E-state index in [1.807, 2.05) is 0 Å². The second-order valence-electron chi connectivity index (χ2n) is 6.57. The fourth-order valence-corrected chi connectivity index (χ4v) is 4.01. The molecule has 5 nitrogen and oxygen atoms in total. The van der Waals surface area contributed by atoms with E-state index in [-0.39, 0.29) is 16.7 Å². The normalized spacial score (nSPS) is 14.3. The number of rotatable bonds is 2. The number of anilines is 2. The van der Waals surface area contributed by atoms with E-state index in [2.05, 4.69) is 25.9 Å². The van der Waals surface area contributed by atoms with Gasteiger partial charge in [0.25, 0.3) is 0 Å². The standard InChI is InChI=1S/C17H10B3BrF2N4O/c18-17(19,20)27-11-4-3-10(22)14(23)13(11)15(25-16(27)28)26-5-1-2-8-9(21)6-24-7-12(8)26/h3-4,6-7H,1-2,5H2. The van der Waals surface area contributed by atoms with Crippen molar-refractivity contribution in [1.82, 2.24) is 14.5 Å². The first kappa shape index (κ1) is 19.2. The molecule has 1 aliphatic heterocycles. The zero-order valence-electron chi connectivity index (χ0n) is 14.5. The zero-order valence-corrected chi connectivity index (χ0v) is 16.1. The van der Waals surface area contributed by atoms with Crippen LogP contribution in [-0.4, -0.2) is 44.6 Å². The molecule has 0 atom stereocenters. The van der Waals surface area contributed by atoms with Gasteiger partial charge in [0.2, 0.25) is 0 Å². The largest absolute Gasteiger partial charge is 0.348 e. The Kier molecular flexibility index (Phi) is 4.60.